The molecule has 0 fully saturated rings. The van der Waals surface area contributed by atoms with Gasteiger partial charge in [-0.3, -0.25) is 4.79 Å². The molecule has 0 radical (unpaired) electrons. The third-order valence-corrected chi connectivity index (χ3v) is 2.51. The number of aliphatic hydroxyl groups is 1. The molecule has 17 heavy (non-hydrogen) atoms. The molecule has 4 heteroatoms. The molecule has 0 aliphatic rings. The summed E-state index contributed by atoms with van der Waals surface area (Å²) in [5, 5.41) is 9.58. The van der Waals surface area contributed by atoms with Gasteiger partial charge < -0.3 is 10.0 Å². The van der Waals surface area contributed by atoms with Crippen molar-refractivity contribution in [1.29, 1.82) is 0 Å². The lowest BCUT2D eigenvalue weighted by Gasteiger charge is -2.25. The van der Waals surface area contributed by atoms with Gasteiger partial charge in [0.15, 0.2) is 0 Å². The minimum absolute atomic E-state index is 0.259. The van der Waals surface area contributed by atoms with Gasteiger partial charge in [-0.1, -0.05) is 12.1 Å². The van der Waals surface area contributed by atoms with Gasteiger partial charge in [-0.05, 0) is 38.0 Å². The molecule has 1 amide bonds. The van der Waals surface area contributed by atoms with E-state index in [0.717, 1.165) is 5.56 Å². The fourth-order valence-electron chi connectivity index (χ4n) is 1.62. The summed E-state index contributed by atoms with van der Waals surface area (Å²) in [5.74, 6) is -0.621. The number of carbonyl (C=O) groups is 1. The minimum atomic E-state index is -1.39. The number of benzene rings is 1. The predicted molar refractivity (Wildman–Crippen MR) is 63.9 cm³/mol. The van der Waals surface area contributed by atoms with Gasteiger partial charge >= 0.3 is 0 Å². The first-order valence-electron chi connectivity index (χ1n) is 5.45. The second-order valence-electron chi connectivity index (χ2n) is 4.80. The summed E-state index contributed by atoms with van der Waals surface area (Å²) in [6.07, 6.45) is 0. The van der Waals surface area contributed by atoms with Crippen molar-refractivity contribution < 1.29 is 14.3 Å². The fraction of sp³-hybridized carbons (Fsp3) is 0.462. The number of nitrogens with zero attached hydrogens (tertiary/aromatic N) is 1. The summed E-state index contributed by atoms with van der Waals surface area (Å²) in [6.45, 7) is 4.92. The molecule has 0 atom stereocenters. The Morgan fingerprint density at radius 1 is 1.47 bits per heavy atom. The number of halogens is 1. The molecule has 0 aliphatic heterocycles. The minimum Gasteiger partial charge on any atom is -0.381 e. The van der Waals surface area contributed by atoms with E-state index in [1.165, 1.54) is 24.8 Å². The number of carbonyl (C=O) groups excluding carboxylic acids is 1. The highest BCUT2D eigenvalue weighted by Gasteiger charge is 2.27. The van der Waals surface area contributed by atoms with E-state index in [0.29, 0.717) is 12.1 Å². The Morgan fingerprint density at radius 2 is 2.06 bits per heavy atom. The van der Waals surface area contributed by atoms with Gasteiger partial charge in [-0.15, -0.1) is 0 Å². The van der Waals surface area contributed by atoms with Crippen LogP contribution in [0.5, 0.6) is 0 Å². The van der Waals surface area contributed by atoms with Crippen molar-refractivity contribution in [3.05, 3.63) is 35.1 Å². The van der Waals surface area contributed by atoms with E-state index in [9.17, 15) is 14.3 Å². The SMILES string of the molecule is Cc1cc(CN(C)C(=O)C(C)(C)O)ccc1F. The van der Waals surface area contributed by atoms with Crippen LogP contribution in [0.2, 0.25) is 0 Å². The van der Waals surface area contributed by atoms with E-state index in [2.05, 4.69) is 0 Å². The average molecular weight is 239 g/mol. The van der Waals surface area contributed by atoms with Gasteiger partial charge in [0.1, 0.15) is 11.4 Å². The maximum Gasteiger partial charge on any atom is 0.253 e. The van der Waals surface area contributed by atoms with Crippen LogP contribution in [-0.2, 0) is 11.3 Å². The zero-order chi connectivity index (χ0) is 13.2. The third kappa shape index (κ3) is 3.53. The Labute approximate surface area is 101 Å². The highest BCUT2D eigenvalue weighted by Crippen LogP contribution is 2.13. The molecule has 0 aromatic heterocycles. The van der Waals surface area contributed by atoms with Crippen LogP contribution in [0.3, 0.4) is 0 Å². The highest BCUT2D eigenvalue weighted by atomic mass is 19.1. The van der Waals surface area contributed by atoms with Crippen LogP contribution in [0.4, 0.5) is 4.39 Å². The number of amides is 1. The largest absolute Gasteiger partial charge is 0.381 e. The van der Waals surface area contributed by atoms with E-state index in [1.54, 1.807) is 26.1 Å². The van der Waals surface area contributed by atoms with E-state index >= 15 is 0 Å². The Morgan fingerprint density at radius 3 is 2.53 bits per heavy atom. The number of rotatable bonds is 3. The second-order valence-corrected chi connectivity index (χ2v) is 4.80. The number of likely N-dealkylation sites (N-methyl/N-ethyl adjacent to an activating group) is 1. The van der Waals surface area contributed by atoms with Crippen molar-refractivity contribution in [2.24, 2.45) is 0 Å². The lowest BCUT2D eigenvalue weighted by molar-refractivity contribution is -0.146. The molecule has 0 unspecified atom stereocenters. The molecule has 0 bridgehead atoms. The monoisotopic (exact) mass is 239 g/mol. The van der Waals surface area contributed by atoms with Crippen LogP contribution in [0.15, 0.2) is 18.2 Å². The van der Waals surface area contributed by atoms with E-state index in [4.69, 9.17) is 0 Å². The maximum atomic E-state index is 13.1. The van der Waals surface area contributed by atoms with Gasteiger partial charge in [-0.2, -0.15) is 0 Å². The predicted octanol–water partition coefficient (Wildman–Crippen LogP) is 1.86. The Balaban J connectivity index is 2.78. The quantitative estimate of drug-likeness (QED) is 0.874. The maximum absolute atomic E-state index is 13.1. The van der Waals surface area contributed by atoms with Gasteiger partial charge in [-0.25, -0.2) is 4.39 Å². The number of hydrogen-bond donors (Lipinski definition) is 1. The fourth-order valence-corrected chi connectivity index (χ4v) is 1.62. The first-order valence-corrected chi connectivity index (χ1v) is 5.45. The van der Waals surface area contributed by atoms with Crippen molar-refractivity contribution in [3.8, 4) is 0 Å². The first-order chi connectivity index (χ1) is 7.71. The van der Waals surface area contributed by atoms with Crippen LogP contribution in [0, 0.1) is 12.7 Å². The zero-order valence-corrected chi connectivity index (χ0v) is 10.6. The average Bonchev–Trinajstić information content (AvgIpc) is 2.21. The summed E-state index contributed by atoms with van der Waals surface area (Å²) in [7, 11) is 1.61. The molecule has 1 aromatic carbocycles. The van der Waals surface area contributed by atoms with Gasteiger partial charge in [0, 0.05) is 13.6 Å². The normalized spacial score (nSPS) is 11.4. The Kier molecular flexibility index (Phi) is 3.88. The van der Waals surface area contributed by atoms with Gasteiger partial charge in [0.25, 0.3) is 5.91 Å². The summed E-state index contributed by atoms with van der Waals surface area (Å²) in [6, 6.07) is 4.72. The first kappa shape index (κ1) is 13.6. The molecule has 0 aliphatic carbocycles. The molecule has 0 saturated heterocycles. The smallest absolute Gasteiger partial charge is 0.253 e. The Hall–Kier alpha value is -1.42. The summed E-state index contributed by atoms with van der Waals surface area (Å²) < 4.78 is 13.1. The second kappa shape index (κ2) is 4.84. The molecule has 0 saturated carbocycles. The van der Waals surface area contributed by atoms with Crippen molar-refractivity contribution >= 4 is 5.91 Å². The molecule has 3 nitrogen and oxygen atoms in total. The zero-order valence-electron chi connectivity index (χ0n) is 10.6. The molecule has 1 rings (SSSR count). The van der Waals surface area contributed by atoms with E-state index < -0.39 is 5.60 Å². The van der Waals surface area contributed by atoms with Gasteiger partial charge in [0.2, 0.25) is 0 Å². The number of aryl methyl sites for hydroxylation is 1. The third-order valence-electron chi connectivity index (χ3n) is 2.51. The molecule has 94 valence electrons. The van der Waals surface area contributed by atoms with Crippen molar-refractivity contribution in [2.45, 2.75) is 32.9 Å². The van der Waals surface area contributed by atoms with Crippen molar-refractivity contribution in [2.75, 3.05) is 7.05 Å². The molecule has 0 heterocycles. The summed E-state index contributed by atoms with van der Waals surface area (Å²) >= 11 is 0. The summed E-state index contributed by atoms with van der Waals surface area (Å²) in [4.78, 5) is 13.1. The van der Waals surface area contributed by atoms with Crippen LogP contribution in [0.1, 0.15) is 25.0 Å². The van der Waals surface area contributed by atoms with Crippen LogP contribution >= 0.6 is 0 Å². The molecular formula is C13H18FNO2. The van der Waals surface area contributed by atoms with Crippen LogP contribution in [-0.4, -0.2) is 28.6 Å². The molecule has 1 aromatic rings. The number of hydrogen-bond acceptors (Lipinski definition) is 2. The highest BCUT2D eigenvalue weighted by molar-refractivity contribution is 5.83. The van der Waals surface area contributed by atoms with Crippen LogP contribution < -0.4 is 0 Å². The van der Waals surface area contributed by atoms with E-state index in [1.807, 2.05) is 0 Å². The summed E-state index contributed by atoms with van der Waals surface area (Å²) in [5.41, 5.74) is -0.000272. The van der Waals surface area contributed by atoms with Gasteiger partial charge in [0.05, 0.1) is 0 Å². The molecule has 0 spiro atoms. The van der Waals surface area contributed by atoms with Crippen LogP contribution in [0.25, 0.3) is 0 Å². The standard InChI is InChI=1S/C13H18FNO2/c1-9-7-10(5-6-11(9)14)8-15(4)12(16)13(2,3)17/h5-7,17H,8H2,1-4H3. The van der Waals surface area contributed by atoms with Crippen molar-refractivity contribution in [1.82, 2.24) is 4.90 Å². The van der Waals surface area contributed by atoms with E-state index in [-0.39, 0.29) is 11.7 Å². The van der Waals surface area contributed by atoms with Crippen molar-refractivity contribution in [3.63, 3.8) is 0 Å². The Bertz CT molecular complexity index is 424. The molecular weight excluding hydrogens is 221 g/mol. The topological polar surface area (TPSA) is 40.5 Å². The lowest BCUT2D eigenvalue weighted by atomic mass is 10.1. The lowest BCUT2D eigenvalue weighted by Crippen LogP contribution is -2.42. The molecule has 1 N–H and O–H groups in total.